The molecule has 0 atom stereocenters. The van der Waals surface area contributed by atoms with Crippen LogP contribution >= 0.6 is 0 Å². The van der Waals surface area contributed by atoms with Crippen molar-refractivity contribution in [1.29, 1.82) is 0 Å². The van der Waals surface area contributed by atoms with Crippen LogP contribution in [-0.4, -0.2) is 23.0 Å². The Morgan fingerprint density at radius 1 is 0.929 bits per heavy atom. The van der Waals surface area contributed by atoms with E-state index < -0.39 is 0 Å². The van der Waals surface area contributed by atoms with Gasteiger partial charge in [0.2, 0.25) is 5.91 Å². The zero-order valence-electron chi connectivity index (χ0n) is 15.8. The quantitative estimate of drug-likeness (QED) is 0.578. The van der Waals surface area contributed by atoms with Gasteiger partial charge in [-0.1, -0.05) is 36.4 Å². The summed E-state index contributed by atoms with van der Waals surface area (Å²) in [7, 11) is 0. The largest absolute Gasteiger partial charge is 0.336 e. The summed E-state index contributed by atoms with van der Waals surface area (Å²) < 4.78 is 0. The third-order valence-corrected chi connectivity index (χ3v) is 3.93. The number of para-hydroxylation sites is 3. The van der Waals surface area contributed by atoms with Crippen molar-refractivity contribution in [1.82, 2.24) is 10.3 Å². The van der Waals surface area contributed by atoms with Crippen LogP contribution in [0.1, 0.15) is 19.4 Å². The smallest absolute Gasteiger partial charge is 0.319 e. The van der Waals surface area contributed by atoms with Crippen LogP contribution in [0.5, 0.6) is 0 Å². The molecule has 6 heteroatoms. The van der Waals surface area contributed by atoms with Crippen LogP contribution in [0.15, 0.2) is 66.9 Å². The molecule has 142 valence electrons. The van der Waals surface area contributed by atoms with E-state index in [1.807, 2.05) is 44.2 Å². The van der Waals surface area contributed by atoms with Crippen LogP contribution in [0.3, 0.4) is 0 Å². The topological polar surface area (TPSA) is 83.1 Å². The van der Waals surface area contributed by atoms with Gasteiger partial charge < -0.3 is 16.0 Å². The average Bonchev–Trinajstić information content (AvgIpc) is 2.67. The molecule has 1 heterocycles. The number of pyridine rings is 1. The number of hydrogen-bond acceptors (Lipinski definition) is 3. The van der Waals surface area contributed by atoms with Gasteiger partial charge in [0.25, 0.3) is 0 Å². The summed E-state index contributed by atoms with van der Waals surface area (Å²) in [6, 6.07) is 16.4. The lowest BCUT2D eigenvalue weighted by atomic mass is 10.1. The predicted octanol–water partition coefficient (Wildman–Crippen LogP) is 4.42. The highest BCUT2D eigenvalue weighted by Crippen LogP contribution is 2.21. The molecular weight excluding hydrogens is 352 g/mol. The Morgan fingerprint density at radius 3 is 2.39 bits per heavy atom. The normalized spacial score (nSPS) is 11.0. The van der Waals surface area contributed by atoms with Crippen molar-refractivity contribution < 1.29 is 9.59 Å². The van der Waals surface area contributed by atoms with Crippen LogP contribution in [-0.2, 0) is 4.79 Å². The maximum atomic E-state index is 12.4. The zero-order chi connectivity index (χ0) is 19.9. The highest BCUT2D eigenvalue weighted by Gasteiger charge is 2.09. The molecule has 3 amide bonds. The molecule has 0 aliphatic carbocycles. The Morgan fingerprint density at radius 2 is 1.64 bits per heavy atom. The van der Waals surface area contributed by atoms with Crippen molar-refractivity contribution in [3.05, 3.63) is 72.4 Å². The van der Waals surface area contributed by atoms with E-state index in [9.17, 15) is 9.59 Å². The molecule has 6 nitrogen and oxygen atoms in total. The van der Waals surface area contributed by atoms with Crippen molar-refractivity contribution in [2.75, 3.05) is 10.6 Å². The molecule has 1 aromatic heterocycles. The Kier molecular flexibility index (Phi) is 6.01. The number of urea groups is 1. The highest BCUT2D eigenvalue weighted by atomic mass is 16.2. The lowest BCUT2D eigenvalue weighted by molar-refractivity contribution is -0.111. The van der Waals surface area contributed by atoms with E-state index in [2.05, 4.69) is 20.9 Å². The maximum Gasteiger partial charge on any atom is 0.319 e. The van der Waals surface area contributed by atoms with Crippen molar-refractivity contribution in [3.8, 4) is 0 Å². The molecule has 0 saturated heterocycles. The van der Waals surface area contributed by atoms with Crippen LogP contribution in [0.2, 0.25) is 0 Å². The molecule has 0 radical (unpaired) electrons. The van der Waals surface area contributed by atoms with Crippen LogP contribution < -0.4 is 16.0 Å². The summed E-state index contributed by atoms with van der Waals surface area (Å²) in [5.74, 6) is -0.300. The molecule has 0 bridgehead atoms. The summed E-state index contributed by atoms with van der Waals surface area (Å²) in [6.45, 7) is 3.75. The van der Waals surface area contributed by atoms with Gasteiger partial charge in [0.15, 0.2) is 0 Å². The number of amides is 3. The Bertz CT molecular complexity index is 1020. The fraction of sp³-hybridized carbons (Fsp3) is 0.136. The van der Waals surface area contributed by atoms with Gasteiger partial charge in [-0.25, -0.2) is 4.79 Å². The van der Waals surface area contributed by atoms with Gasteiger partial charge in [-0.3, -0.25) is 9.78 Å². The number of fused-ring (bicyclic) bond motifs is 1. The maximum absolute atomic E-state index is 12.4. The number of carbonyl (C=O) groups is 2. The first-order valence-corrected chi connectivity index (χ1v) is 9.02. The average molecular weight is 374 g/mol. The molecule has 0 unspecified atom stereocenters. The molecule has 3 rings (SSSR count). The molecule has 2 aromatic carbocycles. The molecule has 0 aliphatic rings. The lowest BCUT2D eigenvalue weighted by Crippen LogP contribution is -2.34. The van der Waals surface area contributed by atoms with Crippen molar-refractivity contribution >= 4 is 40.3 Å². The minimum Gasteiger partial charge on any atom is -0.336 e. The number of rotatable bonds is 5. The van der Waals surface area contributed by atoms with Crippen LogP contribution in [0.25, 0.3) is 17.0 Å². The Labute approximate surface area is 163 Å². The third kappa shape index (κ3) is 4.94. The van der Waals surface area contributed by atoms with Crippen molar-refractivity contribution in [2.24, 2.45) is 0 Å². The molecule has 0 saturated carbocycles. The predicted molar refractivity (Wildman–Crippen MR) is 113 cm³/mol. The third-order valence-electron chi connectivity index (χ3n) is 3.93. The highest BCUT2D eigenvalue weighted by molar-refractivity contribution is 6.06. The second-order valence-electron chi connectivity index (χ2n) is 6.54. The first kappa shape index (κ1) is 19.1. The Hall–Kier alpha value is -3.67. The number of anilines is 2. The number of carbonyl (C=O) groups excluding carboxylic acids is 2. The molecule has 3 N–H and O–H groups in total. The number of aromatic nitrogens is 1. The minimum absolute atomic E-state index is 0.0130. The number of nitrogens with one attached hydrogen (secondary N) is 3. The molecule has 3 aromatic rings. The van der Waals surface area contributed by atoms with Gasteiger partial charge in [-0.05, 0) is 38.1 Å². The molecular formula is C22H22N4O2. The van der Waals surface area contributed by atoms with Gasteiger partial charge in [0.1, 0.15) is 0 Å². The molecule has 0 aliphatic heterocycles. The molecule has 28 heavy (non-hydrogen) atoms. The summed E-state index contributed by atoms with van der Waals surface area (Å²) in [5, 5.41) is 9.31. The van der Waals surface area contributed by atoms with Crippen molar-refractivity contribution in [3.63, 3.8) is 0 Å². The van der Waals surface area contributed by atoms with Crippen molar-refractivity contribution in [2.45, 2.75) is 19.9 Å². The van der Waals surface area contributed by atoms with Gasteiger partial charge in [0.05, 0.1) is 16.9 Å². The lowest BCUT2D eigenvalue weighted by Gasteiger charge is -2.13. The van der Waals surface area contributed by atoms with Crippen LogP contribution in [0.4, 0.5) is 16.2 Å². The zero-order valence-corrected chi connectivity index (χ0v) is 15.8. The fourth-order valence-electron chi connectivity index (χ4n) is 2.72. The second kappa shape index (κ2) is 8.81. The number of nitrogens with zero attached hydrogens (tertiary/aromatic N) is 1. The van der Waals surface area contributed by atoms with E-state index in [1.54, 1.807) is 36.5 Å². The van der Waals surface area contributed by atoms with Gasteiger partial charge in [0, 0.05) is 29.3 Å². The van der Waals surface area contributed by atoms with E-state index in [4.69, 9.17) is 0 Å². The van der Waals surface area contributed by atoms with E-state index in [0.29, 0.717) is 11.4 Å². The standard InChI is InChI=1S/C22H22N4O2/c1-15(2)24-22(28)26-19-11-4-3-10-18(19)25-20(27)13-12-17-8-5-7-16-9-6-14-23-21(16)17/h3-15H,1-2H3,(H,25,27)(H2,24,26,28)/b13-12+. The van der Waals surface area contributed by atoms with Gasteiger partial charge >= 0.3 is 6.03 Å². The second-order valence-corrected chi connectivity index (χ2v) is 6.54. The summed E-state index contributed by atoms with van der Waals surface area (Å²) in [5.41, 5.74) is 2.73. The molecule has 0 fully saturated rings. The van der Waals surface area contributed by atoms with Gasteiger partial charge in [-0.15, -0.1) is 0 Å². The number of hydrogen-bond donors (Lipinski definition) is 3. The monoisotopic (exact) mass is 374 g/mol. The van der Waals surface area contributed by atoms with E-state index in [1.165, 1.54) is 6.08 Å². The first-order chi connectivity index (χ1) is 13.5. The van der Waals surface area contributed by atoms with E-state index in [0.717, 1.165) is 16.5 Å². The first-order valence-electron chi connectivity index (χ1n) is 9.02. The minimum atomic E-state index is -0.325. The van der Waals surface area contributed by atoms with Crippen LogP contribution in [0, 0.1) is 0 Å². The van der Waals surface area contributed by atoms with E-state index in [-0.39, 0.29) is 18.0 Å². The SMILES string of the molecule is CC(C)NC(=O)Nc1ccccc1NC(=O)/C=C/c1cccc2cccnc12. The van der Waals surface area contributed by atoms with Gasteiger partial charge in [-0.2, -0.15) is 0 Å². The van der Waals surface area contributed by atoms with E-state index >= 15 is 0 Å². The fourth-order valence-corrected chi connectivity index (χ4v) is 2.72. The Balaban J connectivity index is 1.73. The summed E-state index contributed by atoms with van der Waals surface area (Å²) in [6.07, 6.45) is 4.91. The molecule has 0 spiro atoms. The summed E-state index contributed by atoms with van der Waals surface area (Å²) in [4.78, 5) is 28.7. The number of benzene rings is 2. The summed E-state index contributed by atoms with van der Waals surface area (Å²) >= 11 is 0.